The van der Waals surface area contributed by atoms with Crippen LogP contribution in [-0.4, -0.2) is 35.6 Å². The minimum atomic E-state index is 0.773. The fraction of sp³-hybridized carbons (Fsp3) is 0.438. The van der Waals surface area contributed by atoms with E-state index in [2.05, 4.69) is 51.6 Å². The number of nitrogens with zero attached hydrogens (tertiary/aromatic N) is 2. The van der Waals surface area contributed by atoms with Gasteiger partial charge >= 0.3 is 0 Å². The Balaban J connectivity index is 2.05. The molecule has 2 aromatic rings. The molecule has 2 rings (SSSR count). The number of imidazole rings is 1. The van der Waals surface area contributed by atoms with Crippen molar-refractivity contribution in [3.63, 3.8) is 0 Å². The van der Waals surface area contributed by atoms with Gasteiger partial charge in [-0.3, -0.25) is 4.57 Å². The van der Waals surface area contributed by atoms with Gasteiger partial charge in [0.2, 0.25) is 5.95 Å². The molecule has 114 valence electrons. The molecular weight excluding hydrogens is 282 g/mol. The highest BCUT2D eigenvalue weighted by Crippen LogP contribution is 2.20. The van der Waals surface area contributed by atoms with Crippen LogP contribution in [0.25, 0.3) is 5.69 Å². The van der Waals surface area contributed by atoms with Crippen molar-refractivity contribution in [2.75, 3.05) is 31.3 Å². The van der Waals surface area contributed by atoms with Crippen LogP contribution < -0.4 is 5.32 Å². The van der Waals surface area contributed by atoms with E-state index in [1.165, 1.54) is 4.90 Å². The van der Waals surface area contributed by atoms with E-state index < -0.39 is 0 Å². The fourth-order valence-electron chi connectivity index (χ4n) is 2.08. The summed E-state index contributed by atoms with van der Waals surface area (Å²) in [7, 11) is 0. The number of anilines is 1. The molecule has 0 aliphatic carbocycles. The van der Waals surface area contributed by atoms with Crippen LogP contribution in [-0.2, 0) is 4.74 Å². The summed E-state index contributed by atoms with van der Waals surface area (Å²) in [4.78, 5) is 5.82. The van der Waals surface area contributed by atoms with Crippen molar-refractivity contribution in [1.82, 2.24) is 9.55 Å². The van der Waals surface area contributed by atoms with Crippen LogP contribution in [0.2, 0.25) is 0 Å². The van der Waals surface area contributed by atoms with E-state index in [1.54, 1.807) is 11.8 Å². The summed E-state index contributed by atoms with van der Waals surface area (Å²) in [5.41, 5.74) is 2.14. The molecule has 0 atom stereocenters. The Hall–Kier alpha value is -1.46. The third-order valence-corrected chi connectivity index (χ3v) is 3.87. The Labute approximate surface area is 130 Å². The maximum Gasteiger partial charge on any atom is 0.207 e. The van der Waals surface area contributed by atoms with Crippen LogP contribution in [0.15, 0.2) is 35.4 Å². The molecule has 0 unspecified atom stereocenters. The maximum absolute atomic E-state index is 5.35. The number of hydrogen-bond acceptors (Lipinski definition) is 4. The molecule has 1 aromatic heterocycles. The zero-order chi connectivity index (χ0) is 15.1. The molecule has 0 amide bonds. The first-order chi connectivity index (χ1) is 10.2. The van der Waals surface area contributed by atoms with Crippen LogP contribution in [0.1, 0.15) is 19.0 Å². The second-order valence-corrected chi connectivity index (χ2v) is 5.63. The van der Waals surface area contributed by atoms with Gasteiger partial charge in [-0.2, -0.15) is 0 Å². The maximum atomic E-state index is 5.35. The van der Waals surface area contributed by atoms with Gasteiger partial charge in [0.25, 0.3) is 0 Å². The van der Waals surface area contributed by atoms with Gasteiger partial charge in [-0.15, -0.1) is 11.8 Å². The summed E-state index contributed by atoms with van der Waals surface area (Å²) >= 11 is 1.75. The highest BCUT2D eigenvalue weighted by atomic mass is 32.2. The van der Waals surface area contributed by atoms with Crippen molar-refractivity contribution in [3.8, 4) is 5.69 Å². The van der Waals surface area contributed by atoms with Crippen LogP contribution in [0.5, 0.6) is 0 Å². The number of aryl methyl sites for hydroxylation is 1. The third kappa shape index (κ3) is 4.51. The standard InChI is InChI=1S/C16H23N3OS/c1-4-20-11-5-10-17-16-18-13(2)12-19(16)14-6-8-15(21-3)9-7-14/h6-9,12H,4-5,10-11H2,1-3H3,(H,17,18). The Kier molecular flexibility index (Phi) is 6.14. The van der Waals surface area contributed by atoms with Crippen molar-refractivity contribution in [2.45, 2.75) is 25.2 Å². The van der Waals surface area contributed by atoms with E-state index in [0.717, 1.165) is 43.5 Å². The number of aromatic nitrogens is 2. The summed E-state index contributed by atoms with van der Waals surface area (Å²) < 4.78 is 7.44. The molecule has 21 heavy (non-hydrogen) atoms. The predicted octanol–water partition coefficient (Wildman–Crippen LogP) is 3.74. The molecule has 0 radical (unpaired) electrons. The quantitative estimate of drug-likeness (QED) is 0.595. The molecule has 0 aliphatic heterocycles. The normalized spacial score (nSPS) is 10.8. The van der Waals surface area contributed by atoms with Gasteiger partial charge in [0.05, 0.1) is 5.69 Å². The lowest BCUT2D eigenvalue weighted by Crippen LogP contribution is -2.09. The van der Waals surface area contributed by atoms with Crippen molar-refractivity contribution < 1.29 is 4.74 Å². The molecule has 0 bridgehead atoms. The first kappa shape index (κ1) is 15.9. The van der Waals surface area contributed by atoms with E-state index in [0.29, 0.717) is 0 Å². The molecule has 5 heteroatoms. The Morgan fingerprint density at radius 1 is 1.29 bits per heavy atom. The second-order valence-electron chi connectivity index (χ2n) is 4.75. The van der Waals surface area contributed by atoms with Crippen LogP contribution in [0, 0.1) is 6.92 Å². The van der Waals surface area contributed by atoms with E-state index in [9.17, 15) is 0 Å². The fourth-order valence-corrected chi connectivity index (χ4v) is 2.49. The second kappa shape index (κ2) is 8.10. The predicted molar refractivity (Wildman–Crippen MR) is 89.7 cm³/mol. The summed E-state index contributed by atoms with van der Waals surface area (Å²) in [5, 5.41) is 3.39. The zero-order valence-corrected chi connectivity index (χ0v) is 13.7. The average molecular weight is 305 g/mol. The van der Waals surface area contributed by atoms with Gasteiger partial charge in [-0.05, 0) is 50.8 Å². The molecule has 0 aliphatic rings. The highest BCUT2D eigenvalue weighted by Gasteiger charge is 2.07. The van der Waals surface area contributed by atoms with Crippen molar-refractivity contribution in [3.05, 3.63) is 36.2 Å². The summed E-state index contributed by atoms with van der Waals surface area (Å²) in [6.45, 7) is 6.44. The molecule has 1 N–H and O–H groups in total. The Morgan fingerprint density at radius 2 is 2.05 bits per heavy atom. The Morgan fingerprint density at radius 3 is 2.71 bits per heavy atom. The van der Waals surface area contributed by atoms with Gasteiger partial charge in [-0.1, -0.05) is 0 Å². The summed E-state index contributed by atoms with van der Waals surface area (Å²) in [5.74, 6) is 0.890. The number of rotatable bonds is 8. The summed E-state index contributed by atoms with van der Waals surface area (Å²) in [6, 6.07) is 8.51. The Bertz CT molecular complexity index is 551. The number of benzene rings is 1. The lowest BCUT2D eigenvalue weighted by molar-refractivity contribution is 0.147. The largest absolute Gasteiger partial charge is 0.382 e. The van der Waals surface area contributed by atoms with Gasteiger partial charge in [0.15, 0.2) is 0 Å². The monoisotopic (exact) mass is 305 g/mol. The lowest BCUT2D eigenvalue weighted by Gasteiger charge is -2.10. The molecule has 0 saturated heterocycles. The molecular formula is C16H23N3OS. The smallest absolute Gasteiger partial charge is 0.207 e. The lowest BCUT2D eigenvalue weighted by atomic mass is 10.3. The van der Waals surface area contributed by atoms with Crippen LogP contribution in [0.4, 0.5) is 5.95 Å². The van der Waals surface area contributed by atoms with E-state index in [-0.39, 0.29) is 0 Å². The first-order valence-electron chi connectivity index (χ1n) is 7.26. The zero-order valence-electron chi connectivity index (χ0n) is 12.9. The number of ether oxygens (including phenoxy) is 1. The van der Waals surface area contributed by atoms with Gasteiger partial charge in [0.1, 0.15) is 0 Å². The van der Waals surface area contributed by atoms with Gasteiger partial charge in [-0.25, -0.2) is 4.98 Å². The van der Waals surface area contributed by atoms with E-state index in [4.69, 9.17) is 4.74 Å². The SMILES string of the molecule is CCOCCCNc1nc(C)cn1-c1ccc(SC)cc1. The van der Waals surface area contributed by atoms with E-state index >= 15 is 0 Å². The van der Waals surface area contributed by atoms with Gasteiger partial charge < -0.3 is 10.1 Å². The molecule has 1 aromatic carbocycles. The van der Waals surface area contributed by atoms with E-state index in [1.807, 2.05) is 13.8 Å². The molecule has 1 heterocycles. The van der Waals surface area contributed by atoms with Crippen LogP contribution in [0.3, 0.4) is 0 Å². The highest BCUT2D eigenvalue weighted by molar-refractivity contribution is 7.98. The van der Waals surface area contributed by atoms with Gasteiger partial charge in [0, 0.05) is 36.5 Å². The first-order valence-corrected chi connectivity index (χ1v) is 8.49. The average Bonchev–Trinajstić information content (AvgIpc) is 2.88. The topological polar surface area (TPSA) is 39.1 Å². The van der Waals surface area contributed by atoms with Crippen molar-refractivity contribution >= 4 is 17.7 Å². The number of thioether (sulfide) groups is 1. The molecule has 0 fully saturated rings. The minimum absolute atomic E-state index is 0.773. The third-order valence-electron chi connectivity index (χ3n) is 3.13. The minimum Gasteiger partial charge on any atom is -0.382 e. The molecule has 0 saturated carbocycles. The molecule has 4 nitrogen and oxygen atoms in total. The van der Waals surface area contributed by atoms with Crippen molar-refractivity contribution in [1.29, 1.82) is 0 Å². The number of nitrogens with one attached hydrogen (secondary N) is 1. The van der Waals surface area contributed by atoms with Crippen molar-refractivity contribution in [2.24, 2.45) is 0 Å². The number of hydrogen-bond donors (Lipinski definition) is 1. The van der Waals surface area contributed by atoms with Crippen LogP contribution >= 0.6 is 11.8 Å². The molecule has 0 spiro atoms. The summed E-state index contributed by atoms with van der Waals surface area (Å²) in [6.07, 6.45) is 5.12.